The molecular formula is C21H16F6N2O2. The van der Waals surface area contributed by atoms with Crippen molar-refractivity contribution in [3.05, 3.63) is 71.8 Å². The molecule has 3 rings (SSSR count). The van der Waals surface area contributed by atoms with E-state index in [1.807, 2.05) is 0 Å². The van der Waals surface area contributed by atoms with E-state index in [4.69, 9.17) is 9.47 Å². The fourth-order valence-electron chi connectivity index (χ4n) is 2.54. The standard InChI is InChI=1S/C21H16F6N2O2/c1-29(2)15-11-18(30-16-7-3-5-13(9-16)20(22,23)24)28-19(12-15)31-17-8-4-6-14(10-17)21(25,26)27/h3-12H,1-2H3. The summed E-state index contributed by atoms with van der Waals surface area (Å²) >= 11 is 0. The van der Waals surface area contributed by atoms with Crippen molar-refractivity contribution in [3.8, 4) is 23.3 Å². The minimum Gasteiger partial charge on any atom is -0.439 e. The summed E-state index contributed by atoms with van der Waals surface area (Å²) in [6.07, 6.45) is -9.09. The van der Waals surface area contributed by atoms with Crippen molar-refractivity contribution in [1.29, 1.82) is 0 Å². The van der Waals surface area contributed by atoms with Gasteiger partial charge in [-0.3, -0.25) is 0 Å². The number of anilines is 1. The van der Waals surface area contributed by atoms with Crippen molar-refractivity contribution in [2.45, 2.75) is 12.4 Å². The van der Waals surface area contributed by atoms with Crippen LogP contribution in [0.3, 0.4) is 0 Å². The van der Waals surface area contributed by atoms with Crippen LogP contribution in [-0.2, 0) is 12.4 Å². The number of alkyl halides is 6. The van der Waals surface area contributed by atoms with Crippen molar-refractivity contribution in [1.82, 2.24) is 4.98 Å². The number of hydrogen-bond donors (Lipinski definition) is 0. The summed E-state index contributed by atoms with van der Waals surface area (Å²) in [4.78, 5) is 5.71. The maximum absolute atomic E-state index is 12.9. The molecule has 0 spiro atoms. The van der Waals surface area contributed by atoms with E-state index in [2.05, 4.69) is 4.98 Å². The highest BCUT2D eigenvalue weighted by molar-refractivity contribution is 5.52. The molecule has 0 saturated heterocycles. The van der Waals surface area contributed by atoms with Crippen molar-refractivity contribution in [2.24, 2.45) is 0 Å². The molecule has 0 bridgehead atoms. The Balaban J connectivity index is 1.92. The van der Waals surface area contributed by atoms with E-state index in [0.29, 0.717) is 5.69 Å². The van der Waals surface area contributed by atoms with Crippen LogP contribution in [0.1, 0.15) is 11.1 Å². The van der Waals surface area contributed by atoms with Crippen molar-refractivity contribution in [2.75, 3.05) is 19.0 Å². The van der Waals surface area contributed by atoms with Gasteiger partial charge in [0, 0.05) is 31.9 Å². The molecule has 0 atom stereocenters. The highest BCUT2D eigenvalue weighted by Gasteiger charge is 2.31. The van der Waals surface area contributed by atoms with Crippen LogP contribution in [0, 0.1) is 0 Å². The highest BCUT2D eigenvalue weighted by Crippen LogP contribution is 2.35. The molecule has 2 aromatic carbocycles. The molecule has 0 unspecified atom stereocenters. The van der Waals surface area contributed by atoms with Gasteiger partial charge in [0.1, 0.15) is 11.5 Å². The molecule has 0 aliphatic carbocycles. The second kappa shape index (κ2) is 8.37. The zero-order valence-electron chi connectivity index (χ0n) is 16.3. The van der Waals surface area contributed by atoms with Gasteiger partial charge in [-0.15, -0.1) is 0 Å². The molecule has 164 valence electrons. The molecule has 3 aromatic rings. The summed E-state index contributed by atoms with van der Waals surface area (Å²) in [5.74, 6) is -0.397. The first-order chi connectivity index (χ1) is 14.4. The first-order valence-electron chi connectivity index (χ1n) is 8.81. The Hall–Kier alpha value is -3.43. The van der Waals surface area contributed by atoms with Crippen molar-refractivity contribution < 1.29 is 35.8 Å². The van der Waals surface area contributed by atoms with E-state index in [1.165, 1.54) is 36.4 Å². The topological polar surface area (TPSA) is 34.6 Å². The summed E-state index contributed by atoms with van der Waals surface area (Å²) in [5, 5.41) is 0. The van der Waals surface area contributed by atoms with Gasteiger partial charge < -0.3 is 14.4 Å². The van der Waals surface area contributed by atoms with E-state index in [9.17, 15) is 26.3 Å². The van der Waals surface area contributed by atoms with Crippen LogP contribution in [0.5, 0.6) is 23.3 Å². The predicted octanol–water partition coefficient (Wildman–Crippen LogP) is 6.77. The average Bonchev–Trinajstić information content (AvgIpc) is 2.67. The number of benzene rings is 2. The van der Waals surface area contributed by atoms with Crippen molar-refractivity contribution >= 4 is 5.69 Å². The van der Waals surface area contributed by atoms with E-state index in [1.54, 1.807) is 19.0 Å². The number of ether oxygens (including phenoxy) is 2. The second-order valence-corrected chi connectivity index (χ2v) is 6.65. The van der Waals surface area contributed by atoms with Crippen LogP contribution < -0.4 is 14.4 Å². The molecule has 0 aliphatic heterocycles. The van der Waals surface area contributed by atoms with Crippen LogP contribution in [0.4, 0.5) is 32.0 Å². The van der Waals surface area contributed by atoms with E-state index in [0.717, 1.165) is 24.3 Å². The quantitative estimate of drug-likeness (QED) is 0.409. The van der Waals surface area contributed by atoms with Crippen LogP contribution in [0.2, 0.25) is 0 Å². The molecule has 31 heavy (non-hydrogen) atoms. The van der Waals surface area contributed by atoms with Gasteiger partial charge in [-0.25, -0.2) is 0 Å². The Morgan fingerprint density at radius 2 is 1.10 bits per heavy atom. The zero-order chi connectivity index (χ0) is 22.8. The summed E-state index contributed by atoms with van der Waals surface area (Å²) < 4.78 is 88.5. The Morgan fingerprint density at radius 3 is 1.45 bits per heavy atom. The maximum atomic E-state index is 12.9. The lowest BCUT2D eigenvalue weighted by molar-refractivity contribution is -0.138. The van der Waals surface area contributed by atoms with Crippen molar-refractivity contribution in [3.63, 3.8) is 0 Å². The lowest BCUT2D eigenvalue weighted by Crippen LogP contribution is -2.09. The van der Waals surface area contributed by atoms with Crippen LogP contribution in [0.15, 0.2) is 60.7 Å². The number of pyridine rings is 1. The third-order valence-electron chi connectivity index (χ3n) is 4.05. The minimum atomic E-state index is -4.55. The van der Waals surface area contributed by atoms with Gasteiger partial charge in [0.2, 0.25) is 11.8 Å². The molecule has 0 saturated carbocycles. The number of halogens is 6. The van der Waals surface area contributed by atoms with Gasteiger partial charge in [-0.05, 0) is 36.4 Å². The van der Waals surface area contributed by atoms with Crippen LogP contribution >= 0.6 is 0 Å². The van der Waals surface area contributed by atoms with Gasteiger partial charge in [0.25, 0.3) is 0 Å². The number of aromatic nitrogens is 1. The average molecular weight is 442 g/mol. The first kappa shape index (κ1) is 22.3. The smallest absolute Gasteiger partial charge is 0.416 e. The Bertz CT molecular complexity index is 986. The minimum absolute atomic E-state index is 0.0903. The van der Waals surface area contributed by atoms with E-state index in [-0.39, 0.29) is 23.3 Å². The van der Waals surface area contributed by atoms with Gasteiger partial charge >= 0.3 is 12.4 Å². The van der Waals surface area contributed by atoms with Gasteiger partial charge in [-0.2, -0.15) is 31.3 Å². The summed E-state index contributed by atoms with van der Waals surface area (Å²) in [5.41, 5.74) is -1.28. The highest BCUT2D eigenvalue weighted by atomic mass is 19.4. The number of nitrogens with zero attached hydrogens (tertiary/aromatic N) is 2. The van der Waals surface area contributed by atoms with Crippen LogP contribution in [0.25, 0.3) is 0 Å². The predicted molar refractivity (Wildman–Crippen MR) is 102 cm³/mol. The van der Waals surface area contributed by atoms with E-state index < -0.39 is 23.5 Å². The summed E-state index contributed by atoms with van der Waals surface area (Å²) in [7, 11) is 3.38. The SMILES string of the molecule is CN(C)c1cc(Oc2cccc(C(F)(F)F)c2)nc(Oc2cccc(C(F)(F)F)c2)c1. The van der Waals surface area contributed by atoms with Gasteiger partial charge in [0.05, 0.1) is 11.1 Å². The number of hydrogen-bond acceptors (Lipinski definition) is 4. The fourth-order valence-corrected chi connectivity index (χ4v) is 2.54. The maximum Gasteiger partial charge on any atom is 0.416 e. The van der Waals surface area contributed by atoms with Gasteiger partial charge in [-0.1, -0.05) is 12.1 Å². The third-order valence-corrected chi connectivity index (χ3v) is 4.05. The molecule has 0 aliphatic rings. The first-order valence-corrected chi connectivity index (χ1v) is 8.81. The monoisotopic (exact) mass is 442 g/mol. The Kier molecular flexibility index (Phi) is 6.01. The normalized spacial score (nSPS) is 11.9. The zero-order valence-corrected chi connectivity index (χ0v) is 16.3. The molecular weight excluding hydrogens is 426 g/mol. The van der Waals surface area contributed by atoms with Gasteiger partial charge in [0.15, 0.2) is 0 Å². The third kappa shape index (κ3) is 5.80. The van der Waals surface area contributed by atoms with E-state index >= 15 is 0 Å². The summed E-state index contributed by atoms with van der Waals surface area (Å²) in [6.45, 7) is 0. The summed E-state index contributed by atoms with van der Waals surface area (Å²) in [6, 6.07) is 11.4. The molecule has 0 N–H and O–H groups in total. The number of rotatable bonds is 5. The Labute approximate surface area is 173 Å². The lowest BCUT2D eigenvalue weighted by atomic mass is 10.2. The molecule has 0 radical (unpaired) electrons. The fraction of sp³-hybridized carbons (Fsp3) is 0.190. The molecule has 0 amide bonds. The molecule has 1 heterocycles. The lowest BCUT2D eigenvalue weighted by Gasteiger charge is -2.16. The molecule has 10 heteroatoms. The van der Waals surface area contributed by atoms with Crippen LogP contribution in [-0.4, -0.2) is 19.1 Å². The molecule has 1 aromatic heterocycles. The largest absolute Gasteiger partial charge is 0.439 e. The molecule has 4 nitrogen and oxygen atoms in total. The Morgan fingerprint density at radius 1 is 0.677 bits per heavy atom. The molecule has 0 fully saturated rings. The second-order valence-electron chi connectivity index (χ2n) is 6.65.